The van der Waals surface area contributed by atoms with Crippen LogP contribution in [0.15, 0.2) is 24.8 Å². The fraction of sp³-hybridized carbons (Fsp3) is 0.481. The molecule has 38 heavy (non-hydrogen) atoms. The first-order valence-corrected chi connectivity index (χ1v) is 13.6. The lowest BCUT2D eigenvalue weighted by molar-refractivity contribution is 0.0557. The van der Waals surface area contributed by atoms with Gasteiger partial charge in [0.15, 0.2) is 5.65 Å². The summed E-state index contributed by atoms with van der Waals surface area (Å²) in [5.74, 6) is 1.57. The Bertz CT molecular complexity index is 1560. The predicted molar refractivity (Wildman–Crippen MR) is 137 cm³/mol. The number of aryl methyl sites for hydroxylation is 1. The molecule has 2 aliphatic carbocycles. The molecular formula is C27H29N9O2. The van der Waals surface area contributed by atoms with E-state index in [1.807, 2.05) is 17.3 Å². The summed E-state index contributed by atoms with van der Waals surface area (Å²) in [5, 5.41) is 21.4. The molecule has 8 rings (SSSR count). The molecule has 11 heteroatoms. The average molecular weight is 512 g/mol. The number of hydrogen-bond donors (Lipinski definition) is 3. The quantitative estimate of drug-likeness (QED) is 0.378. The Labute approximate surface area is 218 Å². The van der Waals surface area contributed by atoms with Gasteiger partial charge in [0.1, 0.15) is 12.1 Å². The lowest BCUT2D eigenvalue weighted by atomic mass is 9.85. The first kappa shape index (κ1) is 22.2. The number of aromatic amines is 1. The zero-order chi connectivity index (χ0) is 25.5. The number of piperidine rings is 1. The van der Waals surface area contributed by atoms with Gasteiger partial charge in [-0.2, -0.15) is 14.7 Å². The Morgan fingerprint density at radius 2 is 1.84 bits per heavy atom. The number of aliphatic hydroxyl groups is 1. The molecule has 1 saturated carbocycles. The highest BCUT2D eigenvalue weighted by atomic mass is 16.3. The zero-order valence-electron chi connectivity index (χ0n) is 20.9. The maximum Gasteiger partial charge on any atom is 0.291 e. The minimum Gasteiger partial charge on any atom is -0.387 e. The summed E-state index contributed by atoms with van der Waals surface area (Å²) in [4.78, 5) is 29.2. The second-order valence-corrected chi connectivity index (χ2v) is 11.3. The Hall–Kier alpha value is -3.86. The Kier molecular flexibility index (Phi) is 4.70. The SMILES string of the molecule is Nc1c(C2CC2)c(C2C[C@H]3CC[C@@H](C2)N3C(=O)c2ncn[nH]2)nc2c(-c3cnc4c(c3)CCC4O)cnn12. The maximum absolute atomic E-state index is 13.2. The molecule has 11 nitrogen and oxygen atoms in total. The third-order valence-electron chi connectivity index (χ3n) is 9.02. The number of nitrogens with zero attached hydrogens (tertiary/aromatic N) is 7. The number of carbonyl (C=O) groups excluding carboxylic acids is 1. The second-order valence-electron chi connectivity index (χ2n) is 11.3. The van der Waals surface area contributed by atoms with Crippen molar-refractivity contribution in [2.24, 2.45) is 0 Å². The summed E-state index contributed by atoms with van der Waals surface area (Å²) in [7, 11) is 0. The monoisotopic (exact) mass is 511 g/mol. The van der Waals surface area contributed by atoms with Gasteiger partial charge in [-0.3, -0.25) is 14.9 Å². The number of nitrogens with two attached hydrogens (primary N) is 1. The molecule has 4 aromatic heterocycles. The van der Waals surface area contributed by atoms with Crippen LogP contribution >= 0.6 is 0 Å². The molecule has 2 unspecified atom stereocenters. The summed E-state index contributed by atoms with van der Waals surface area (Å²) in [6.07, 6.45) is 12.0. The average Bonchev–Trinajstić information content (AvgIpc) is 3.24. The molecule has 0 radical (unpaired) electrons. The zero-order valence-corrected chi connectivity index (χ0v) is 20.9. The van der Waals surface area contributed by atoms with Gasteiger partial charge in [0.25, 0.3) is 5.91 Å². The van der Waals surface area contributed by atoms with Crippen LogP contribution in [0.4, 0.5) is 5.82 Å². The molecule has 0 spiro atoms. The standard InChI is InChI=1S/C27H29N9O2/c28-24-21(13-1-2-13)23(15-8-17-4-5-18(9-15)35(17)27(38)25-30-12-31-34-25)33-26-19(11-32-36(24)26)16-7-14-3-6-20(37)22(14)29-10-16/h7,10-13,15,17-18,20,37H,1-6,8-9,28H2,(H,30,31,34)/t15?,17-,18+,20?. The van der Waals surface area contributed by atoms with Crippen LogP contribution in [-0.4, -0.2) is 62.8 Å². The van der Waals surface area contributed by atoms with Crippen molar-refractivity contribution < 1.29 is 9.90 Å². The van der Waals surface area contributed by atoms with Crippen LogP contribution in [0.1, 0.15) is 96.0 Å². The van der Waals surface area contributed by atoms with Crippen LogP contribution in [0.5, 0.6) is 0 Å². The highest BCUT2D eigenvalue weighted by Gasteiger charge is 2.46. The molecule has 2 aliphatic heterocycles. The van der Waals surface area contributed by atoms with Crippen molar-refractivity contribution in [1.82, 2.24) is 39.7 Å². The van der Waals surface area contributed by atoms with Crippen LogP contribution in [0.25, 0.3) is 16.8 Å². The van der Waals surface area contributed by atoms with E-state index >= 15 is 0 Å². The number of aromatic nitrogens is 7. The number of H-pyrrole nitrogens is 1. The second kappa shape index (κ2) is 8.07. The number of rotatable bonds is 4. The summed E-state index contributed by atoms with van der Waals surface area (Å²) in [5.41, 5.74) is 13.5. The number of aliphatic hydroxyl groups excluding tert-OH is 1. The van der Waals surface area contributed by atoms with Crippen LogP contribution in [0.2, 0.25) is 0 Å². The number of anilines is 1. The summed E-state index contributed by atoms with van der Waals surface area (Å²) in [6, 6.07) is 2.41. The van der Waals surface area contributed by atoms with Gasteiger partial charge >= 0.3 is 0 Å². The third-order valence-corrected chi connectivity index (χ3v) is 9.02. The van der Waals surface area contributed by atoms with E-state index in [9.17, 15) is 9.90 Å². The van der Waals surface area contributed by atoms with Crippen molar-refractivity contribution in [1.29, 1.82) is 0 Å². The summed E-state index contributed by atoms with van der Waals surface area (Å²) < 4.78 is 1.78. The highest BCUT2D eigenvalue weighted by molar-refractivity contribution is 5.91. The largest absolute Gasteiger partial charge is 0.387 e. The van der Waals surface area contributed by atoms with Crippen molar-refractivity contribution in [2.45, 2.75) is 81.4 Å². The number of amides is 1. The number of nitrogen functional groups attached to an aromatic ring is 1. The van der Waals surface area contributed by atoms with Crippen molar-refractivity contribution in [3.05, 3.63) is 53.1 Å². The highest BCUT2D eigenvalue weighted by Crippen LogP contribution is 2.50. The van der Waals surface area contributed by atoms with Crippen molar-refractivity contribution >= 4 is 17.4 Å². The van der Waals surface area contributed by atoms with E-state index in [0.717, 1.165) is 84.2 Å². The minimum atomic E-state index is -0.485. The molecule has 4 aliphatic rings. The summed E-state index contributed by atoms with van der Waals surface area (Å²) in [6.45, 7) is 0. The molecule has 6 heterocycles. The predicted octanol–water partition coefficient (Wildman–Crippen LogP) is 2.90. The van der Waals surface area contributed by atoms with E-state index in [1.165, 1.54) is 6.33 Å². The van der Waals surface area contributed by atoms with Crippen LogP contribution in [0.3, 0.4) is 0 Å². The van der Waals surface area contributed by atoms with Gasteiger partial charge in [0, 0.05) is 40.9 Å². The maximum atomic E-state index is 13.2. The van der Waals surface area contributed by atoms with Crippen LogP contribution in [-0.2, 0) is 6.42 Å². The molecule has 2 saturated heterocycles. The number of nitrogens with one attached hydrogen (secondary N) is 1. The van der Waals surface area contributed by atoms with E-state index in [0.29, 0.717) is 24.0 Å². The van der Waals surface area contributed by atoms with Crippen molar-refractivity contribution in [3.63, 3.8) is 0 Å². The molecule has 2 bridgehead atoms. The minimum absolute atomic E-state index is 0.0638. The summed E-state index contributed by atoms with van der Waals surface area (Å²) >= 11 is 0. The van der Waals surface area contributed by atoms with Gasteiger partial charge in [-0.1, -0.05) is 0 Å². The molecule has 4 N–H and O–H groups in total. The fourth-order valence-corrected chi connectivity index (χ4v) is 7.11. The van der Waals surface area contributed by atoms with Gasteiger partial charge < -0.3 is 15.7 Å². The Balaban J connectivity index is 1.19. The molecule has 4 atom stereocenters. The van der Waals surface area contributed by atoms with Crippen molar-refractivity contribution in [2.75, 3.05) is 5.73 Å². The van der Waals surface area contributed by atoms with E-state index in [2.05, 4.69) is 31.3 Å². The van der Waals surface area contributed by atoms with Gasteiger partial charge in [0.2, 0.25) is 5.82 Å². The van der Waals surface area contributed by atoms with Gasteiger partial charge in [-0.15, -0.1) is 0 Å². The van der Waals surface area contributed by atoms with Gasteiger partial charge in [-0.05, 0) is 68.9 Å². The molecular weight excluding hydrogens is 482 g/mol. The normalized spacial score (nSPS) is 26.3. The lowest BCUT2D eigenvalue weighted by Gasteiger charge is -2.39. The third kappa shape index (κ3) is 3.24. The number of carbonyl (C=O) groups is 1. The number of hydrogen-bond acceptors (Lipinski definition) is 8. The molecule has 194 valence electrons. The Morgan fingerprint density at radius 3 is 2.58 bits per heavy atom. The molecule has 3 fully saturated rings. The fourth-order valence-electron chi connectivity index (χ4n) is 7.11. The van der Waals surface area contributed by atoms with E-state index in [-0.39, 0.29) is 23.9 Å². The molecule has 0 aromatic carbocycles. The Morgan fingerprint density at radius 1 is 1.03 bits per heavy atom. The number of pyridine rings is 1. The lowest BCUT2D eigenvalue weighted by Crippen LogP contribution is -2.46. The van der Waals surface area contributed by atoms with Gasteiger partial charge in [0.05, 0.1) is 23.7 Å². The van der Waals surface area contributed by atoms with E-state index in [1.54, 1.807) is 4.52 Å². The van der Waals surface area contributed by atoms with Crippen molar-refractivity contribution in [3.8, 4) is 11.1 Å². The topological polar surface area (TPSA) is 151 Å². The van der Waals surface area contributed by atoms with Crippen LogP contribution < -0.4 is 5.73 Å². The van der Waals surface area contributed by atoms with E-state index < -0.39 is 6.10 Å². The van der Waals surface area contributed by atoms with Gasteiger partial charge in [-0.25, -0.2) is 9.97 Å². The van der Waals surface area contributed by atoms with Crippen LogP contribution in [0, 0.1) is 0 Å². The molecule has 4 aromatic rings. The smallest absolute Gasteiger partial charge is 0.291 e. The first-order chi connectivity index (χ1) is 18.6. The number of fused-ring (bicyclic) bond motifs is 4. The molecule has 1 amide bonds. The first-order valence-electron chi connectivity index (χ1n) is 13.6. The van der Waals surface area contributed by atoms with E-state index in [4.69, 9.17) is 10.7 Å².